The summed E-state index contributed by atoms with van der Waals surface area (Å²) < 4.78 is 10.2. The Kier molecular flexibility index (Phi) is 6.62. The van der Waals surface area contributed by atoms with Crippen molar-refractivity contribution in [3.8, 4) is 0 Å². The van der Waals surface area contributed by atoms with Gasteiger partial charge in [0.15, 0.2) is 0 Å². The average molecular weight is 371 g/mol. The number of rotatable bonds is 7. The van der Waals surface area contributed by atoms with Crippen molar-refractivity contribution >= 4 is 11.8 Å². The summed E-state index contributed by atoms with van der Waals surface area (Å²) >= 11 is 0. The molecule has 7 nitrogen and oxygen atoms in total. The van der Waals surface area contributed by atoms with Gasteiger partial charge in [-0.05, 0) is 24.1 Å². The van der Waals surface area contributed by atoms with Crippen LogP contribution in [0.1, 0.15) is 28.4 Å². The van der Waals surface area contributed by atoms with E-state index in [2.05, 4.69) is 27.7 Å². The lowest BCUT2D eigenvalue weighted by molar-refractivity contribution is -0.122. The van der Waals surface area contributed by atoms with Crippen molar-refractivity contribution in [2.45, 2.75) is 26.1 Å². The zero-order valence-electron chi connectivity index (χ0n) is 15.4. The minimum absolute atomic E-state index is 0.232. The van der Waals surface area contributed by atoms with Crippen LogP contribution in [0.3, 0.4) is 0 Å². The summed E-state index contributed by atoms with van der Waals surface area (Å²) in [5, 5.41) is 5.49. The number of nitrogens with one attached hydrogen (secondary N) is 2. The lowest BCUT2D eigenvalue weighted by Gasteiger charge is -2.26. The van der Waals surface area contributed by atoms with Gasteiger partial charge < -0.3 is 19.8 Å². The molecule has 1 aromatic heterocycles. The van der Waals surface area contributed by atoms with Crippen molar-refractivity contribution in [3.05, 3.63) is 59.5 Å². The quantitative estimate of drug-likeness (QED) is 0.771. The highest BCUT2D eigenvalue weighted by molar-refractivity contribution is 5.97. The van der Waals surface area contributed by atoms with Crippen molar-refractivity contribution in [1.29, 1.82) is 0 Å². The third-order valence-corrected chi connectivity index (χ3v) is 4.52. The van der Waals surface area contributed by atoms with Crippen LogP contribution in [0.5, 0.6) is 0 Å². The second-order valence-electron chi connectivity index (χ2n) is 6.63. The first kappa shape index (κ1) is 19.1. The van der Waals surface area contributed by atoms with Gasteiger partial charge in [0.2, 0.25) is 5.91 Å². The minimum atomic E-state index is -0.631. The van der Waals surface area contributed by atoms with Gasteiger partial charge >= 0.3 is 0 Å². The van der Waals surface area contributed by atoms with Crippen LogP contribution in [0.15, 0.2) is 47.3 Å². The molecule has 1 aliphatic heterocycles. The highest BCUT2D eigenvalue weighted by Crippen LogP contribution is 2.09. The van der Waals surface area contributed by atoms with E-state index < -0.39 is 6.04 Å². The molecule has 7 heteroatoms. The van der Waals surface area contributed by atoms with E-state index in [1.807, 2.05) is 12.1 Å². The number of hydrogen-bond donors (Lipinski definition) is 2. The lowest BCUT2D eigenvalue weighted by Crippen LogP contribution is -2.44. The topological polar surface area (TPSA) is 83.8 Å². The van der Waals surface area contributed by atoms with Crippen molar-refractivity contribution in [1.82, 2.24) is 15.5 Å². The van der Waals surface area contributed by atoms with Crippen LogP contribution in [-0.4, -0.2) is 49.1 Å². The highest BCUT2D eigenvalue weighted by Gasteiger charge is 2.17. The lowest BCUT2D eigenvalue weighted by atomic mass is 10.1. The number of ether oxygens (including phenoxy) is 1. The second kappa shape index (κ2) is 9.34. The molecular weight excluding hydrogens is 346 g/mol. The summed E-state index contributed by atoms with van der Waals surface area (Å²) in [5.74, 6) is -0.567. The van der Waals surface area contributed by atoms with E-state index in [-0.39, 0.29) is 11.8 Å². The monoisotopic (exact) mass is 371 g/mol. The van der Waals surface area contributed by atoms with Gasteiger partial charge in [0.1, 0.15) is 12.3 Å². The van der Waals surface area contributed by atoms with Gasteiger partial charge in [-0.15, -0.1) is 0 Å². The number of nitrogens with zero attached hydrogens (tertiary/aromatic N) is 1. The summed E-state index contributed by atoms with van der Waals surface area (Å²) in [7, 11) is 0. The molecule has 2 N–H and O–H groups in total. The molecular formula is C20H25N3O4. The summed E-state index contributed by atoms with van der Waals surface area (Å²) in [5.41, 5.74) is 2.65. The summed E-state index contributed by atoms with van der Waals surface area (Å²) in [6, 6.07) is 9.13. The average Bonchev–Trinajstić information content (AvgIpc) is 3.23. The normalized spacial score (nSPS) is 15.9. The van der Waals surface area contributed by atoms with E-state index in [1.165, 1.54) is 18.1 Å². The molecule has 1 saturated heterocycles. The standard InChI is InChI=1S/C20H25N3O4/c1-15(22-20(25)18-6-9-27-14-18)19(24)21-12-16-2-4-17(5-3-16)13-23-7-10-26-11-8-23/h2-6,9,14-15H,7-8,10-13H2,1H3,(H,21,24)(H,22,25)/t15-/m0/s1. The largest absolute Gasteiger partial charge is 0.472 e. The molecule has 1 aromatic carbocycles. The van der Waals surface area contributed by atoms with E-state index in [1.54, 1.807) is 13.0 Å². The Morgan fingerprint density at radius 3 is 2.48 bits per heavy atom. The number of benzene rings is 1. The van der Waals surface area contributed by atoms with Gasteiger partial charge in [0, 0.05) is 26.2 Å². The van der Waals surface area contributed by atoms with Crippen LogP contribution >= 0.6 is 0 Å². The Bertz CT molecular complexity index is 737. The predicted octanol–water partition coefficient (Wildman–Crippen LogP) is 1.55. The van der Waals surface area contributed by atoms with Crippen molar-refractivity contribution < 1.29 is 18.7 Å². The van der Waals surface area contributed by atoms with Crippen LogP contribution in [0, 0.1) is 0 Å². The number of hydrogen-bond acceptors (Lipinski definition) is 5. The van der Waals surface area contributed by atoms with Crippen molar-refractivity contribution in [2.24, 2.45) is 0 Å². The van der Waals surface area contributed by atoms with Gasteiger partial charge in [-0.25, -0.2) is 0 Å². The maximum atomic E-state index is 12.2. The van der Waals surface area contributed by atoms with Crippen LogP contribution in [-0.2, 0) is 22.6 Å². The summed E-state index contributed by atoms with van der Waals surface area (Å²) in [4.78, 5) is 26.5. The molecule has 1 fully saturated rings. The third-order valence-electron chi connectivity index (χ3n) is 4.52. The number of carbonyl (C=O) groups excluding carboxylic acids is 2. The SMILES string of the molecule is C[C@H](NC(=O)c1ccoc1)C(=O)NCc1ccc(CN2CCOCC2)cc1. The van der Waals surface area contributed by atoms with E-state index in [9.17, 15) is 9.59 Å². The van der Waals surface area contributed by atoms with Crippen LogP contribution in [0.2, 0.25) is 0 Å². The molecule has 27 heavy (non-hydrogen) atoms. The Morgan fingerprint density at radius 2 is 1.81 bits per heavy atom. The second-order valence-corrected chi connectivity index (χ2v) is 6.63. The molecule has 0 unspecified atom stereocenters. The summed E-state index contributed by atoms with van der Waals surface area (Å²) in [6.07, 6.45) is 2.76. The molecule has 144 valence electrons. The van der Waals surface area contributed by atoms with Crippen LogP contribution in [0.4, 0.5) is 0 Å². The fourth-order valence-corrected chi connectivity index (χ4v) is 2.86. The molecule has 0 radical (unpaired) electrons. The van der Waals surface area contributed by atoms with Gasteiger partial charge in [0.05, 0.1) is 25.0 Å². The summed E-state index contributed by atoms with van der Waals surface area (Å²) in [6.45, 7) is 6.48. The maximum absolute atomic E-state index is 12.2. The minimum Gasteiger partial charge on any atom is -0.472 e. The molecule has 3 rings (SSSR count). The third kappa shape index (κ3) is 5.67. The van der Waals surface area contributed by atoms with E-state index in [4.69, 9.17) is 9.15 Å². The Morgan fingerprint density at radius 1 is 1.11 bits per heavy atom. The molecule has 0 spiro atoms. The Hall–Kier alpha value is -2.64. The van der Waals surface area contributed by atoms with Gasteiger partial charge in [-0.2, -0.15) is 0 Å². The van der Waals surface area contributed by atoms with Crippen molar-refractivity contribution in [3.63, 3.8) is 0 Å². The van der Waals surface area contributed by atoms with Crippen LogP contribution < -0.4 is 10.6 Å². The maximum Gasteiger partial charge on any atom is 0.255 e. The van der Waals surface area contributed by atoms with E-state index in [0.29, 0.717) is 12.1 Å². The van der Waals surface area contributed by atoms with E-state index in [0.717, 1.165) is 38.4 Å². The number of morpholine rings is 1. The first-order valence-corrected chi connectivity index (χ1v) is 9.10. The number of amides is 2. The number of furan rings is 1. The highest BCUT2D eigenvalue weighted by atomic mass is 16.5. The van der Waals surface area contributed by atoms with E-state index >= 15 is 0 Å². The molecule has 2 amide bonds. The Labute approximate surface area is 158 Å². The Balaban J connectivity index is 1.43. The smallest absolute Gasteiger partial charge is 0.255 e. The molecule has 0 aliphatic carbocycles. The fraction of sp³-hybridized carbons (Fsp3) is 0.400. The van der Waals surface area contributed by atoms with Gasteiger partial charge in [-0.1, -0.05) is 24.3 Å². The first-order valence-electron chi connectivity index (χ1n) is 9.10. The molecule has 0 bridgehead atoms. The van der Waals surface area contributed by atoms with Gasteiger partial charge in [0.25, 0.3) is 5.91 Å². The molecule has 0 saturated carbocycles. The van der Waals surface area contributed by atoms with Crippen LogP contribution in [0.25, 0.3) is 0 Å². The predicted molar refractivity (Wildman–Crippen MR) is 100 cm³/mol. The fourth-order valence-electron chi connectivity index (χ4n) is 2.86. The zero-order valence-corrected chi connectivity index (χ0v) is 15.4. The number of carbonyl (C=O) groups is 2. The van der Waals surface area contributed by atoms with Crippen molar-refractivity contribution in [2.75, 3.05) is 26.3 Å². The molecule has 2 heterocycles. The first-order chi connectivity index (χ1) is 13.1. The van der Waals surface area contributed by atoms with Gasteiger partial charge in [-0.3, -0.25) is 14.5 Å². The molecule has 1 atom stereocenters. The molecule has 2 aromatic rings. The zero-order chi connectivity index (χ0) is 19.1. The molecule has 1 aliphatic rings.